The van der Waals surface area contributed by atoms with Gasteiger partial charge in [-0.15, -0.1) is 0 Å². The topological polar surface area (TPSA) is 72.2 Å². The Kier molecular flexibility index (Phi) is 6.13. The molecule has 0 aliphatic rings. The van der Waals surface area contributed by atoms with Crippen LogP contribution in [0, 0.1) is 28.9 Å². The van der Waals surface area contributed by atoms with Crippen LogP contribution < -0.4 is 11.1 Å². The zero-order valence-electron chi connectivity index (χ0n) is 17.1. The maximum absolute atomic E-state index is 14.3. The molecule has 0 spiro atoms. The van der Waals surface area contributed by atoms with Crippen molar-refractivity contribution in [1.29, 1.82) is 0 Å². The molecule has 0 saturated heterocycles. The summed E-state index contributed by atoms with van der Waals surface area (Å²) in [4.78, 5) is 23.8. The molecule has 0 unspecified atom stereocenters. The van der Waals surface area contributed by atoms with E-state index in [2.05, 4.69) is 17.2 Å². The molecular weight excluding hydrogens is 374 g/mol. The lowest BCUT2D eigenvalue weighted by Crippen LogP contribution is -2.35. The Balaban J connectivity index is 2.39. The van der Waals surface area contributed by atoms with E-state index in [0.717, 1.165) is 11.6 Å². The van der Waals surface area contributed by atoms with Crippen molar-refractivity contribution in [3.8, 4) is 11.8 Å². The molecule has 2 rings (SSSR count). The van der Waals surface area contributed by atoms with E-state index in [1.165, 1.54) is 0 Å². The monoisotopic (exact) mass is 398 g/mol. The molecule has 0 atom stereocenters. The molecule has 0 aromatic heterocycles. The van der Waals surface area contributed by atoms with Crippen LogP contribution in [0.25, 0.3) is 0 Å². The molecule has 6 heteroatoms. The van der Waals surface area contributed by atoms with Crippen LogP contribution in [0.1, 0.15) is 51.3 Å². The van der Waals surface area contributed by atoms with Crippen LogP contribution in [-0.4, -0.2) is 11.8 Å². The van der Waals surface area contributed by atoms with Crippen molar-refractivity contribution in [3.63, 3.8) is 0 Å². The first-order chi connectivity index (χ1) is 13.3. The van der Waals surface area contributed by atoms with Gasteiger partial charge in [-0.05, 0) is 37.6 Å². The molecule has 0 heterocycles. The summed E-state index contributed by atoms with van der Waals surface area (Å²) in [5.41, 5.74) is 5.00. The highest BCUT2D eigenvalue weighted by Crippen LogP contribution is 2.25. The normalized spacial score (nSPS) is 11.4. The van der Waals surface area contributed by atoms with Crippen LogP contribution in [0.2, 0.25) is 0 Å². The Morgan fingerprint density at radius 1 is 0.966 bits per heavy atom. The lowest BCUT2D eigenvalue weighted by Gasteiger charge is -2.20. The van der Waals surface area contributed by atoms with Gasteiger partial charge < -0.3 is 11.1 Å². The van der Waals surface area contributed by atoms with Crippen molar-refractivity contribution >= 4 is 17.5 Å². The van der Waals surface area contributed by atoms with Gasteiger partial charge in [0.1, 0.15) is 5.82 Å². The predicted octanol–water partition coefficient (Wildman–Crippen LogP) is 4.11. The molecule has 0 fully saturated rings. The summed E-state index contributed by atoms with van der Waals surface area (Å²) < 4.78 is 28.0. The maximum Gasteiger partial charge on any atom is 0.229 e. The summed E-state index contributed by atoms with van der Waals surface area (Å²) in [7, 11) is 0. The van der Waals surface area contributed by atoms with E-state index in [0.29, 0.717) is 11.6 Å². The fourth-order valence-electron chi connectivity index (χ4n) is 2.35. The number of nitrogens with two attached hydrogens (primary N) is 1. The van der Waals surface area contributed by atoms with Crippen molar-refractivity contribution in [3.05, 3.63) is 64.7 Å². The highest BCUT2D eigenvalue weighted by atomic mass is 19.1. The third-order valence-corrected chi connectivity index (χ3v) is 4.54. The molecule has 2 aromatic carbocycles. The lowest BCUT2D eigenvalue weighted by atomic mass is 9.84. The Labute approximate surface area is 169 Å². The van der Waals surface area contributed by atoms with Gasteiger partial charge >= 0.3 is 0 Å². The van der Waals surface area contributed by atoms with E-state index in [9.17, 15) is 18.4 Å². The third-order valence-electron chi connectivity index (χ3n) is 4.54. The van der Waals surface area contributed by atoms with Crippen LogP contribution in [0.4, 0.5) is 14.5 Å². The summed E-state index contributed by atoms with van der Waals surface area (Å²) in [5, 5.41) is 2.49. The minimum Gasteiger partial charge on any atom is -0.369 e. The summed E-state index contributed by atoms with van der Waals surface area (Å²) in [6, 6.07) is 8.60. The molecule has 0 radical (unpaired) electrons. The molecule has 2 amide bonds. The summed E-state index contributed by atoms with van der Waals surface area (Å²) in [6.07, 6.45) is 0. The van der Waals surface area contributed by atoms with Crippen LogP contribution in [-0.2, 0) is 15.0 Å². The fourth-order valence-corrected chi connectivity index (χ4v) is 2.35. The van der Waals surface area contributed by atoms with E-state index in [1.54, 1.807) is 58.9 Å². The van der Waals surface area contributed by atoms with Gasteiger partial charge in [-0.1, -0.05) is 44.7 Å². The van der Waals surface area contributed by atoms with Gasteiger partial charge in [-0.25, -0.2) is 8.78 Å². The molecule has 4 nitrogen and oxygen atoms in total. The van der Waals surface area contributed by atoms with Gasteiger partial charge in [0, 0.05) is 17.0 Å². The molecule has 152 valence electrons. The second-order valence-corrected chi connectivity index (χ2v) is 8.33. The molecule has 29 heavy (non-hydrogen) atoms. The van der Waals surface area contributed by atoms with Gasteiger partial charge in [-0.3, -0.25) is 9.59 Å². The molecule has 0 saturated carbocycles. The van der Waals surface area contributed by atoms with Crippen molar-refractivity contribution < 1.29 is 18.4 Å². The second-order valence-electron chi connectivity index (χ2n) is 8.33. The smallest absolute Gasteiger partial charge is 0.229 e. The number of anilines is 1. The Hall–Kier alpha value is -3.20. The largest absolute Gasteiger partial charge is 0.369 e. The second kappa shape index (κ2) is 8.04. The molecule has 3 N–H and O–H groups in total. The number of rotatable bonds is 3. The minimum absolute atomic E-state index is 0.0293. The highest BCUT2D eigenvalue weighted by Gasteiger charge is 2.27. The number of halogens is 2. The summed E-state index contributed by atoms with van der Waals surface area (Å²) in [6.45, 7) is 8.49. The zero-order chi connectivity index (χ0) is 22.0. The van der Waals surface area contributed by atoms with Crippen LogP contribution in [0.15, 0.2) is 36.4 Å². The SMILES string of the molecule is CC(C)(C)C(=O)Nc1c(F)cc(F)cc1C#Cc1ccc(C(C)(C)C(N)=O)cc1. The first-order valence-electron chi connectivity index (χ1n) is 9.05. The van der Waals surface area contributed by atoms with E-state index < -0.39 is 34.3 Å². The quantitative estimate of drug-likeness (QED) is 0.764. The first-order valence-corrected chi connectivity index (χ1v) is 9.05. The predicted molar refractivity (Wildman–Crippen MR) is 109 cm³/mol. The number of hydrogen-bond acceptors (Lipinski definition) is 2. The number of carbonyl (C=O) groups is 2. The van der Waals surface area contributed by atoms with Gasteiger partial charge in [0.25, 0.3) is 0 Å². The molecule has 2 aromatic rings. The van der Waals surface area contributed by atoms with Crippen LogP contribution in [0.5, 0.6) is 0 Å². The van der Waals surface area contributed by atoms with Gasteiger partial charge in [0.15, 0.2) is 5.82 Å². The van der Waals surface area contributed by atoms with E-state index in [-0.39, 0.29) is 11.3 Å². The van der Waals surface area contributed by atoms with E-state index in [4.69, 9.17) is 5.73 Å². The van der Waals surface area contributed by atoms with Crippen molar-refractivity contribution in [1.82, 2.24) is 0 Å². The van der Waals surface area contributed by atoms with Crippen molar-refractivity contribution in [2.75, 3.05) is 5.32 Å². The average molecular weight is 398 g/mol. The average Bonchev–Trinajstić information content (AvgIpc) is 2.61. The van der Waals surface area contributed by atoms with Crippen molar-refractivity contribution in [2.45, 2.75) is 40.0 Å². The molecule has 0 aliphatic heterocycles. The number of benzene rings is 2. The first kappa shape index (κ1) is 22.1. The summed E-state index contributed by atoms with van der Waals surface area (Å²) >= 11 is 0. The highest BCUT2D eigenvalue weighted by molar-refractivity contribution is 5.95. The van der Waals surface area contributed by atoms with Crippen LogP contribution >= 0.6 is 0 Å². The number of carbonyl (C=O) groups excluding carboxylic acids is 2. The fraction of sp³-hybridized carbons (Fsp3) is 0.304. The summed E-state index contributed by atoms with van der Waals surface area (Å²) in [5.74, 6) is 2.98. The molecule has 0 aliphatic carbocycles. The number of primary amides is 1. The van der Waals surface area contributed by atoms with Crippen LogP contribution in [0.3, 0.4) is 0 Å². The molecular formula is C23H24F2N2O2. The number of amides is 2. The number of nitrogens with one attached hydrogen (secondary N) is 1. The Morgan fingerprint density at radius 2 is 1.55 bits per heavy atom. The lowest BCUT2D eigenvalue weighted by molar-refractivity contribution is -0.123. The van der Waals surface area contributed by atoms with E-state index in [1.807, 2.05) is 0 Å². The standard InChI is InChI=1S/C23H24F2N2O2/c1-22(2,3)21(29)27-19-15(12-17(24)13-18(19)25)9-6-14-7-10-16(11-8-14)23(4,5)20(26)28/h7-8,10-13H,1-5H3,(H2,26,28)(H,27,29). The Morgan fingerprint density at radius 3 is 2.07 bits per heavy atom. The van der Waals surface area contributed by atoms with Gasteiger partial charge in [0.2, 0.25) is 11.8 Å². The Bertz CT molecular complexity index is 1010. The van der Waals surface area contributed by atoms with Gasteiger partial charge in [0.05, 0.1) is 16.7 Å². The minimum atomic E-state index is -0.898. The maximum atomic E-state index is 14.3. The van der Waals surface area contributed by atoms with Crippen molar-refractivity contribution in [2.24, 2.45) is 11.1 Å². The van der Waals surface area contributed by atoms with Gasteiger partial charge in [-0.2, -0.15) is 0 Å². The van der Waals surface area contributed by atoms with E-state index >= 15 is 0 Å². The molecule has 0 bridgehead atoms. The third kappa shape index (κ3) is 5.20. The number of hydrogen-bond donors (Lipinski definition) is 2. The zero-order valence-corrected chi connectivity index (χ0v) is 17.1.